The molecule has 0 amide bonds. The average molecular weight is 289 g/mol. The number of hydrogen-bond acceptors (Lipinski definition) is 4. The van der Waals surface area contributed by atoms with Crippen LogP contribution in [0.25, 0.3) is 11.2 Å². The first-order valence-electron chi connectivity index (χ1n) is 6.34. The zero-order valence-electron chi connectivity index (χ0n) is 10.7. The smallest absolute Gasteiger partial charge is 0.296 e. The number of fused-ring (bicyclic) bond motifs is 1. The molecular weight excluding hydrogens is 276 g/mol. The minimum atomic E-state index is -0.0269. The van der Waals surface area contributed by atoms with Gasteiger partial charge in [0.25, 0.3) is 6.01 Å². The van der Waals surface area contributed by atoms with Crippen LogP contribution >= 0.6 is 11.6 Å². The normalized spacial score (nSPS) is 11.1. The van der Waals surface area contributed by atoms with Crippen molar-refractivity contribution in [3.63, 3.8) is 0 Å². The third-order valence-corrected chi connectivity index (χ3v) is 3.33. The summed E-state index contributed by atoms with van der Waals surface area (Å²) in [6.07, 6.45) is 6.89. The molecule has 3 heterocycles. The van der Waals surface area contributed by atoms with Crippen LogP contribution in [-0.2, 0) is 13.0 Å². The molecule has 0 bridgehead atoms. The maximum atomic E-state index is 9.88. The van der Waals surface area contributed by atoms with Crippen molar-refractivity contribution in [3.8, 4) is 6.01 Å². The van der Waals surface area contributed by atoms with Gasteiger partial charge >= 0.3 is 0 Å². The molecule has 3 rings (SSSR count). The summed E-state index contributed by atoms with van der Waals surface area (Å²) in [7, 11) is 0. The van der Waals surface area contributed by atoms with Crippen LogP contribution in [0.5, 0.6) is 6.01 Å². The topological polar surface area (TPSA) is 63.8 Å². The Kier molecular flexibility index (Phi) is 3.52. The van der Waals surface area contributed by atoms with Crippen molar-refractivity contribution in [2.45, 2.75) is 19.4 Å². The summed E-state index contributed by atoms with van der Waals surface area (Å²) >= 11 is 5.94. The van der Waals surface area contributed by atoms with E-state index in [2.05, 4.69) is 15.0 Å². The fourth-order valence-corrected chi connectivity index (χ4v) is 2.33. The highest BCUT2D eigenvalue weighted by Crippen LogP contribution is 2.22. The zero-order chi connectivity index (χ0) is 13.9. The zero-order valence-corrected chi connectivity index (χ0v) is 11.5. The molecule has 3 aromatic rings. The first kappa shape index (κ1) is 12.9. The van der Waals surface area contributed by atoms with Crippen molar-refractivity contribution in [1.29, 1.82) is 0 Å². The Hall–Kier alpha value is -2.14. The van der Waals surface area contributed by atoms with Gasteiger partial charge in [0, 0.05) is 25.1 Å². The van der Waals surface area contributed by atoms with E-state index in [9.17, 15) is 5.11 Å². The fraction of sp³-hybridized carbons (Fsp3) is 0.214. The number of aromatic hydroxyl groups is 1. The second-order valence-electron chi connectivity index (χ2n) is 4.52. The molecule has 0 aromatic carbocycles. The molecule has 0 aliphatic carbocycles. The quantitative estimate of drug-likeness (QED) is 0.802. The SMILES string of the molecule is Oc1nc2ncc(Cl)cc2n1CCCc1cccnc1. The predicted molar refractivity (Wildman–Crippen MR) is 76.8 cm³/mol. The van der Waals surface area contributed by atoms with E-state index in [1.807, 2.05) is 18.3 Å². The fourth-order valence-electron chi connectivity index (χ4n) is 2.18. The van der Waals surface area contributed by atoms with Crippen molar-refractivity contribution >= 4 is 22.8 Å². The minimum Gasteiger partial charge on any atom is -0.480 e. The van der Waals surface area contributed by atoms with Crippen LogP contribution in [0, 0.1) is 0 Å². The highest BCUT2D eigenvalue weighted by atomic mass is 35.5. The second-order valence-corrected chi connectivity index (χ2v) is 4.96. The van der Waals surface area contributed by atoms with Crippen molar-refractivity contribution in [2.24, 2.45) is 0 Å². The molecule has 0 unspecified atom stereocenters. The van der Waals surface area contributed by atoms with Crippen LogP contribution in [0.1, 0.15) is 12.0 Å². The number of hydrogen-bond donors (Lipinski definition) is 1. The Morgan fingerprint density at radius 2 is 2.20 bits per heavy atom. The van der Waals surface area contributed by atoms with Gasteiger partial charge in [0.15, 0.2) is 5.65 Å². The summed E-state index contributed by atoms with van der Waals surface area (Å²) in [5.41, 5.74) is 2.43. The van der Waals surface area contributed by atoms with Gasteiger partial charge < -0.3 is 5.11 Å². The van der Waals surface area contributed by atoms with Crippen LogP contribution in [0.15, 0.2) is 36.8 Å². The number of rotatable bonds is 4. The third kappa shape index (κ3) is 2.58. The van der Waals surface area contributed by atoms with Crippen molar-refractivity contribution < 1.29 is 5.11 Å². The first-order valence-corrected chi connectivity index (χ1v) is 6.71. The van der Waals surface area contributed by atoms with Gasteiger partial charge in [-0.1, -0.05) is 17.7 Å². The molecule has 6 heteroatoms. The summed E-state index contributed by atoms with van der Waals surface area (Å²) in [6, 6.07) is 5.70. The monoisotopic (exact) mass is 288 g/mol. The van der Waals surface area contributed by atoms with Crippen LogP contribution in [-0.4, -0.2) is 24.6 Å². The largest absolute Gasteiger partial charge is 0.480 e. The van der Waals surface area contributed by atoms with Gasteiger partial charge in [-0.05, 0) is 30.5 Å². The summed E-state index contributed by atoms with van der Waals surface area (Å²) < 4.78 is 1.73. The number of imidazole rings is 1. The Balaban J connectivity index is 1.77. The molecule has 0 spiro atoms. The molecule has 0 aliphatic rings. The molecule has 5 nitrogen and oxygen atoms in total. The minimum absolute atomic E-state index is 0.0269. The van der Waals surface area contributed by atoms with E-state index in [0.29, 0.717) is 17.2 Å². The van der Waals surface area contributed by atoms with Gasteiger partial charge in [0.05, 0.1) is 10.5 Å². The van der Waals surface area contributed by atoms with Crippen LogP contribution in [0.2, 0.25) is 5.02 Å². The number of nitrogens with zero attached hydrogens (tertiary/aromatic N) is 4. The Bertz CT molecular complexity index is 727. The molecule has 0 atom stereocenters. The average Bonchev–Trinajstić information content (AvgIpc) is 2.76. The standard InChI is InChI=1S/C14H13ClN4O/c15-11-7-12-13(17-9-11)18-14(20)19(12)6-2-4-10-3-1-5-16-8-10/h1,3,5,7-9H,2,4,6H2,(H,17,18,20). The van der Waals surface area contributed by atoms with E-state index >= 15 is 0 Å². The number of halogens is 1. The van der Waals surface area contributed by atoms with Gasteiger partial charge in [-0.3, -0.25) is 9.55 Å². The molecule has 0 radical (unpaired) electrons. The molecule has 0 aliphatic heterocycles. The summed E-state index contributed by atoms with van der Waals surface area (Å²) in [5.74, 6) is 0. The maximum Gasteiger partial charge on any atom is 0.296 e. The van der Waals surface area contributed by atoms with Crippen molar-refractivity contribution in [3.05, 3.63) is 47.4 Å². The lowest BCUT2D eigenvalue weighted by molar-refractivity contribution is 0.399. The van der Waals surface area contributed by atoms with Crippen LogP contribution < -0.4 is 0 Å². The van der Waals surface area contributed by atoms with E-state index in [0.717, 1.165) is 18.4 Å². The van der Waals surface area contributed by atoms with E-state index in [4.69, 9.17) is 11.6 Å². The van der Waals surface area contributed by atoms with E-state index in [1.54, 1.807) is 16.8 Å². The van der Waals surface area contributed by atoms with Gasteiger partial charge in [0.2, 0.25) is 0 Å². The maximum absolute atomic E-state index is 9.88. The van der Waals surface area contributed by atoms with Crippen molar-refractivity contribution in [2.75, 3.05) is 0 Å². The van der Waals surface area contributed by atoms with Crippen molar-refractivity contribution in [1.82, 2.24) is 19.5 Å². The lowest BCUT2D eigenvalue weighted by Crippen LogP contribution is -1.99. The summed E-state index contributed by atoms with van der Waals surface area (Å²) in [5, 5.41) is 10.4. The van der Waals surface area contributed by atoms with Crippen LogP contribution in [0.3, 0.4) is 0 Å². The lowest BCUT2D eigenvalue weighted by Gasteiger charge is -2.05. The lowest BCUT2D eigenvalue weighted by atomic mass is 10.1. The third-order valence-electron chi connectivity index (χ3n) is 3.12. The van der Waals surface area contributed by atoms with E-state index in [1.165, 1.54) is 11.8 Å². The van der Waals surface area contributed by atoms with E-state index in [-0.39, 0.29) is 6.01 Å². The summed E-state index contributed by atoms with van der Waals surface area (Å²) in [6.45, 7) is 0.652. The first-order chi connectivity index (χ1) is 9.74. The Labute approximate surface area is 120 Å². The highest BCUT2D eigenvalue weighted by Gasteiger charge is 2.10. The summed E-state index contributed by atoms with van der Waals surface area (Å²) in [4.78, 5) is 12.2. The molecule has 0 saturated carbocycles. The van der Waals surface area contributed by atoms with Gasteiger partial charge in [-0.2, -0.15) is 4.98 Å². The molecule has 3 aromatic heterocycles. The predicted octanol–water partition coefficient (Wildman–Crippen LogP) is 2.82. The van der Waals surface area contributed by atoms with Gasteiger partial charge in [-0.15, -0.1) is 0 Å². The van der Waals surface area contributed by atoms with Crippen LogP contribution in [0.4, 0.5) is 0 Å². The Morgan fingerprint density at radius 1 is 1.30 bits per heavy atom. The number of aryl methyl sites for hydroxylation is 2. The number of pyridine rings is 2. The molecule has 1 N–H and O–H groups in total. The molecular formula is C14H13ClN4O. The second kappa shape index (κ2) is 5.46. The van der Waals surface area contributed by atoms with E-state index < -0.39 is 0 Å². The molecule has 0 fully saturated rings. The van der Waals surface area contributed by atoms with Gasteiger partial charge in [-0.25, -0.2) is 4.98 Å². The highest BCUT2D eigenvalue weighted by molar-refractivity contribution is 6.31. The van der Waals surface area contributed by atoms with Gasteiger partial charge in [0.1, 0.15) is 0 Å². The number of aromatic nitrogens is 4. The molecule has 20 heavy (non-hydrogen) atoms. The Morgan fingerprint density at radius 3 is 3.00 bits per heavy atom. The molecule has 102 valence electrons. The molecule has 0 saturated heterocycles.